The van der Waals surface area contributed by atoms with E-state index in [-0.39, 0.29) is 29.5 Å². The summed E-state index contributed by atoms with van der Waals surface area (Å²) in [6, 6.07) is -1.19. The number of amides is 5. The van der Waals surface area contributed by atoms with E-state index < -0.39 is 12.1 Å². The van der Waals surface area contributed by atoms with Crippen LogP contribution in [0.4, 0.5) is 0 Å². The molecule has 0 saturated heterocycles. The third-order valence-corrected chi connectivity index (χ3v) is 17.9. The first-order valence-electron chi connectivity index (χ1n) is 38.8. The lowest BCUT2D eigenvalue weighted by Gasteiger charge is -2.27. The summed E-state index contributed by atoms with van der Waals surface area (Å²) in [7, 11) is 0. The van der Waals surface area contributed by atoms with Gasteiger partial charge < -0.3 is 48.3 Å². The van der Waals surface area contributed by atoms with Crippen LogP contribution in [0, 0.1) is 0 Å². The number of carbonyl (C=O) groups excluding carboxylic acids is 5. The van der Waals surface area contributed by atoms with E-state index in [1.54, 1.807) is 0 Å². The molecule has 532 valence electrons. The molecule has 0 spiro atoms. The van der Waals surface area contributed by atoms with E-state index in [1.807, 2.05) is 14.7 Å². The molecule has 0 unspecified atom stereocenters. The zero-order chi connectivity index (χ0) is 66.6. The molecule has 0 rings (SSSR count). The van der Waals surface area contributed by atoms with Crippen molar-refractivity contribution in [1.29, 1.82) is 0 Å². The third-order valence-electron chi connectivity index (χ3n) is 17.9. The Bertz CT molecular complexity index is 1750. The van der Waals surface area contributed by atoms with E-state index in [0.29, 0.717) is 130 Å². The summed E-state index contributed by atoms with van der Waals surface area (Å²) >= 11 is 0. The topological polar surface area (TPSA) is 223 Å². The summed E-state index contributed by atoms with van der Waals surface area (Å²) in [4.78, 5) is 73.5. The van der Waals surface area contributed by atoms with Gasteiger partial charge in [0.15, 0.2) is 0 Å². The van der Waals surface area contributed by atoms with Crippen LogP contribution in [0.5, 0.6) is 0 Å². The molecular formula is C77H149N9O5. The van der Waals surface area contributed by atoms with Gasteiger partial charge in [0.25, 0.3) is 0 Å². The van der Waals surface area contributed by atoms with Gasteiger partial charge in [0.2, 0.25) is 29.5 Å². The Morgan fingerprint density at radius 1 is 0.297 bits per heavy atom. The fraction of sp³-hybridized carbons (Fsp3) is 0.857. The van der Waals surface area contributed by atoms with Gasteiger partial charge in [-0.25, -0.2) is 0 Å². The van der Waals surface area contributed by atoms with Crippen LogP contribution in [0.25, 0.3) is 0 Å². The predicted octanol–water partition coefficient (Wildman–Crippen LogP) is 16.9. The number of unbranched alkanes of at least 4 members (excludes halogenated alkanes) is 34. The Hall–Kier alpha value is -3.59. The lowest BCUT2D eigenvalue weighted by molar-refractivity contribution is -0.133. The van der Waals surface area contributed by atoms with Gasteiger partial charge in [0.05, 0.1) is 12.1 Å². The van der Waals surface area contributed by atoms with Crippen LogP contribution in [-0.4, -0.2) is 122 Å². The normalized spacial score (nSPS) is 12.4. The SMILES string of the molecule is CCCCCCCCC=CCCCCCCCC(=O)N(CCCCN(CCCN(CCCNC(=O)[C@@H](N)CCCN)C(=O)CCCCCCCC=CCCCCCCCC)C(=O)CCCCCCCC=CCCCCCCCC)CCCNC(=O)[C@@H](N)CCCN. The van der Waals surface area contributed by atoms with Gasteiger partial charge in [-0.05, 0) is 167 Å². The van der Waals surface area contributed by atoms with E-state index in [9.17, 15) is 24.0 Å². The number of nitrogens with two attached hydrogens (primary N) is 4. The molecule has 2 atom stereocenters. The maximum Gasteiger partial charge on any atom is 0.236 e. The van der Waals surface area contributed by atoms with Crippen LogP contribution in [-0.2, 0) is 24.0 Å². The second kappa shape index (κ2) is 69.2. The molecule has 0 aliphatic carbocycles. The van der Waals surface area contributed by atoms with Crippen molar-refractivity contribution in [2.75, 3.05) is 65.4 Å². The fourth-order valence-corrected chi connectivity index (χ4v) is 11.8. The molecule has 0 radical (unpaired) electrons. The lowest BCUT2D eigenvalue weighted by Crippen LogP contribution is -2.42. The minimum atomic E-state index is -0.598. The molecular weight excluding hydrogens is 1130 g/mol. The molecule has 0 aromatic carbocycles. The number of hydrogen-bond donors (Lipinski definition) is 6. The minimum absolute atomic E-state index is 0.135. The molecule has 5 amide bonds. The first-order chi connectivity index (χ1) is 44.6. The van der Waals surface area contributed by atoms with Crippen molar-refractivity contribution in [1.82, 2.24) is 25.3 Å². The van der Waals surface area contributed by atoms with Gasteiger partial charge in [-0.15, -0.1) is 0 Å². The second-order valence-corrected chi connectivity index (χ2v) is 26.6. The first kappa shape index (κ1) is 87.4. The van der Waals surface area contributed by atoms with Crippen molar-refractivity contribution >= 4 is 29.5 Å². The maximum atomic E-state index is 14.2. The number of hydrogen-bond acceptors (Lipinski definition) is 9. The molecule has 14 heteroatoms. The largest absolute Gasteiger partial charge is 0.355 e. The van der Waals surface area contributed by atoms with E-state index in [1.165, 1.54) is 173 Å². The standard InChI is InChI=1S/C77H149N9O5/c1-4-7-10-13-16-19-22-25-28-31-34-37-40-43-46-58-73(87)84(67-53-63-82-76(90)71(80)56-51-61-78)65-49-50-66-85(74(88)59-47-44-41-38-35-32-29-26-23-20-17-14-11-8-5-2)69-55-70-86(68-54-64-83-77(91)72(81)57-52-62-79)75(89)60-48-45-42-39-36-33-30-27-24-21-18-15-12-9-6-3/h25-30,71-72H,4-24,31-70,78-81H2,1-3H3,(H,82,90)(H,83,91)/t71-,72-/m0/s1. The van der Waals surface area contributed by atoms with Crippen LogP contribution in [0.2, 0.25) is 0 Å². The van der Waals surface area contributed by atoms with Crippen LogP contribution >= 0.6 is 0 Å². The molecule has 91 heavy (non-hydrogen) atoms. The van der Waals surface area contributed by atoms with Crippen molar-refractivity contribution in [3.8, 4) is 0 Å². The lowest BCUT2D eigenvalue weighted by atomic mass is 10.1. The molecule has 10 N–H and O–H groups in total. The Balaban J connectivity index is 5.84. The molecule has 0 aliphatic rings. The van der Waals surface area contributed by atoms with E-state index >= 15 is 0 Å². The smallest absolute Gasteiger partial charge is 0.236 e. The molecule has 0 saturated carbocycles. The monoisotopic (exact) mass is 1280 g/mol. The minimum Gasteiger partial charge on any atom is -0.355 e. The molecule has 0 bridgehead atoms. The zero-order valence-corrected chi connectivity index (χ0v) is 59.9. The summed E-state index contributed by atoms with van der Waals surface area (Å²) in [5, 5.41) is 5.95. The highest BCUT2D eigenvalue weighted by atomic mass is 16.2. The Morgan fingerprint density at radius 3 is 0.791 bits per heavy atom. The van der Waals surface area contributed by atoms with Crippen molar-refractivity contribution in [2.45, 2.75) is 360 Å². The summed E-state index contributed by atoms with van der Waals surface area (Å²) < 4.78 is 0. The Kier molecular flexibility index (Phi) is 66.5. The number of nitrogens with one attached hydrogen (secondary N) is 2. The fourth-order valence-electron chi connectivity index (χ4n) is 11.8. The summed E-state index contributed by atoms with van der Waals surface area (Å²) in [6.07, 6.45) is 68.6. The number of rotatable bonds is 70. The third kappa shape index (κ3) is 58.7. The first-order valence-corrected chi connectivity index (χ1v) is 38.8. The van der Waals surface area contributed by atoms with Crippen molar-refractivity contribution in [2.24, 2.45) is 22.9 Å². The second-order valence-electron chi connectivity index (χ2n) is 26.6. The number of nitrogens with zero attached hydrogens (tertiary/aromatic N) is 3. The summed E-state index contributed by atoms with van der Waals surface area (Å²) in [5.74, 6) is 0.0846. The molecule has 0 heterocycles. The average molecular weight is 1280 g/mol. The summed E-state index contributed by atoms with van der Waals surface area (Å²) in [6.45, 7) is 12.0. The van der Waals surface area contributed by atoms with Crippen LogP contribution in [0.15, 0.2) is 36.5 Å². The van der Waals surface area contributed by atoms with Crippen LogP contribution < -0.4 is 33.6 Å². The molecule has 0 aromatic heterocycles. The van der Waals surface area contributed by atoms with Gasteiger partial charge >= 0.3 is 0 Å². The van der Waals surface area contributed by atoms with Gasteiger partial charge in [-0.1, -0.05) is 211 Å². The van der Waals surface area contributed by atoms with E-state index in [2.05, 4.69) is 67.9 Å². The Morgan fingerprint density at radius 2 is 0.527 bits per heavy atom. The quantitative estimate of drug-likeness (QED) is 0.0251. The predicted molar refractivity (Wildman–Crippen MR) is 390 cm³/mol. The van der Waals surface area contributed by atoms with Crippen molar-refractivity contribution < 1.29 is 24.0 Å². The molecule has 14 nitrogen and oxygen atoms in total. The Labute approximate surface area is 561 Å². The number of allylic oxidation sites excluding steroid dienone is 6. The molecule has 0 aliphatic heterocycles. The number of carbonyl (C=O) groups is 5. The van der Waals surface area contributed by atoms with Gasteiger partial charge in [-0.2, -0.15) is 0 Å². The van der Waals surface area contributed by atoms with Crippen LogP contribution in [0.1, 0.15) is 348 Å². The van der Waals surface area contributed by atoms with E-state index in [0.717, 1.165) is 89.9 Å². The molecule has 0 fully saturated rings. The maximum absolute atomic E-state index is 14.2. The zero-order valence-electron chi connectivity index (χ0n) is 59.9. The highest BCUT2D eigenvalue weighted by Gasteiger charge is 2.20. The molecule has 0 aromatic rings. The van der Waals surface area contributed by atoms with Crippen LogP contribution in [0.3, 0.4) is 0 Å². The van der Waals surface area contributed by atoms with Crippen molar-refractivity contribution in [3.05, 3.63) is 36.5 Å². The highest BCUT2D eigenvalue weighted by Crippen LogP contribution is 2.17. The average Bonchev–Trinajstić information content (AvgIpc) is 3.75. The summed E-state index contributed by atoms with van der Waals surface area (Å²) in [5.41, 5.74) is 23.6. The highest BCUT2D eigenvalue weighted by molar-refractivity contribution is 5.82. The van der Waals surface area contributed by atoms with Gasteiger partial charge in [0.1, 0.15) is 0 Å². The van der Waals surface area contributed by atoms with Gasteiger partial charge in [0, 0.05) is 71.6 Å². The van der Waals surface area contributed by atoms with Crippen molar-refractivity contribution in [3.63, 3.8) is 0 Å². The van der Waals surface area contributed by atoms with E-state index in [4.69, 9.17) is 22.9 Å². The van der Waals surface area contributed by atoms with Gasteiger partial charge in [-0.3, -0.25) is 24.0 Å².